The minimum absolute atomic E-state index is 0.113. The number of benzene rings is 1. The largest absolute Gasteiger partial charge is 0.503 e. The summed E-state index contributed by atoms with van der Waals surface area (Å²) in [5, 5.41) is 15.5. The maximum atomic E-state index is 11.7. The summed E-state index contributed by atoms with van der Waals surface area (Å²) < 4.78 is 5.26. The Morgan fingerprint density at radius 3 is 3.05 bits per heavy atom. The van der Waals surface area contributed by atoms with Gasteiger partial charge in [-0.3, -0.25) is 4.79 Å². The third-order valence-electron chi connectivity index (χ3n) is 2.48. The normalized spacial score (nSPS) is 10.8. The molecule has 0 atom stereocenters. The van der Waals surface area contributed by atoms with Crippen LogP contribution < -0.4 is 10.2 Å². The molecule has 110 valence electrons. The minimum Gasteiger partial charge on any atom is -0.503 e. The van der Waals surface area contributed by atoms with E-state index in [-0.39, 0.29) is 22.4 Å². The highest BCUT2D eigenvalue weighted by atomic mass is 35.5. The second-order valence-electron chi connectivity index (χ2n) is 3.96. The number of amides is 1. The lowest BCUT2D eigenvalue weighted by atomic mass is 10.2. The van der Waals surface area contributed by atoms with Crippen molar-refractivity contribution in [1.82, 2.24) is 5.43 Å². The maximum Gasteiger partial charge on any atom is 0.281 e. The van der Waals surface area contributed by atoms with Crippen LogP contribution in [0.1, 0.15) is 22.2 Å². The van der Waals surface area contributed by atoms with Gasteiger partial charge in [0.25, 0.3) is 5.91 Å². The molecule has 1 aromatic heterocycles. The quantitative estimate of drug-likeness (QED) is 0.655. The van der Waals surface area contributed by atoms with Gasteiger partial charge in [0.05, 0.1) is 22.7 Å². The molecule has 21 heavy (non-hydrogen) atoms. The van der Waals surface area contributed by atoms with Gasteiger partial charge in [-0.05, 0) is 36.1 Å². The van der Waals surface area contributed by atoms with Crippen molar-refractivity contribution in [2.24, 2.45) is 5.10 Å². The van der Waals surface area contributed by atoms with Gasteiger partial charge in [-0.1, -0.05) is 17.7 Å². The van der Waals surface area contributed by atoms with Gasteiger partial charge in [-0.25, -0.2) is 5.43 Å². The third kappa shape index (κ3) is 3.96. The maximum absolute atomic E-state index is 11.7. The zero-order valence-electron chi connectivity index (χ0n) is 11.2. The molecule has 0 aliphatic carbocycles. The standard InChI is InChI=1S/C14H13ClN2O3S/c1-2-20-11-7-9(6-10(15)13(11)18)8-16-17-14(19)12-4-3-5-21-12/h3-8,18H,2H2,1H3,(H,17,19)/b16-8-. The van der Waals surface area contributed by atoms with E-state index in [4.69, 9.17) is 16.3 Å². The van der Waals surface area contributed by atoms with Gasteiger partial charge in [-0.2, -0.15) is 5.10 Å². The van der Waals surface area contributed by atoms with Crippen LogP contribution in [0.4, 0.5) is 0 Å². The Hall–Kier alpha value is -2.05. The van der Waals surface area contributed by atoms with Crippen molar-refractivity contribution in [3.63, 3.8) is 0 Å². The number of hydrazone groups is 1. The molecule has 0 spiro atoms. The second kappa shape index (κ2) is 7.10. The first kappa shape index (κ1) is 15.3. The van der Waals surface area contributed by atoms with Crippen molar-refractivity contribution >= 4 is 35.1 Å². The summed E-state index contributed by atoms with van der Waals surface area (Å²) in [5.74, 6) is -0.120. The number of halogens is 1. The molecule has 7 heteroatoms. The number of ether oxygens (including phenoxy) is 1. The van der Waals surface area contributed by atoms with E-state index in [1.54, 1.807) is 25.1 Å². The van der Waals surface area contributed by atoms with Crippen LogP contribution in [0.5, 0.6) is 11.5 Å². The summed E-state index contributed by atoms with van der Waals surface area (Å²) in [6, 6.07) is 6.61. The summed E-state index contributed by atoms with van der Waals surface area (Å²) in [7, 11) is 0. The molecule has 0 aliphatic heterocycles. The van der Waals surface area contributed by atoms with Crippen molar-refractivity contribution in [2.45, 2.75) is 6.92 Å². The molecule has 0 bridgehead atoms. The number of nitrogens with zero attached hydrogens (tertiary/aromatic N) is 1. The topological polar surface area (TPSA) is 70.9 Å². The number of phenols is 1. The van der Waals surface area contributed by atoms with E-state index in [2.05, 4.69) is 10.5 Å². The molecule has 5 nitrogen and oxygen atoms in total. The van der Waals surface area contributed by atoms with Gasteiger partial charge in [-0.15, -0.1) is 11.3 Å². The average molecular weight is 325 g/mol. The van der Waals surface area contributed by atoms with Crippen molar-refractivity contribution in [2.75, 3.05) is 6.61 Å². The predicted molar refractivity (Wildman–Crippen MR) is 83.7 cm³/mol. The van der Waals surface area contributed by atoms with E-state index in [1.165, 1.54) is 23.6 Å². The molecule has 0 saturated carbocycles. The fourth-order valence-electron chi connectivity index (χ4n) is 1.56. The number of hydrogen-bond acceptors (Lipinski definition) is 5. The van der Waals surface area contributed by atoms with Crippen molar-refractivity contribution < 1.29 is 14.6 Å². The number of hydrogen-bond donors (Lipinski definition) is 2. The van der Waals surface area contributed by atoms with Crippen molar-refractivity contribution in [3.05, 3.63) is 45.1 Å². The lowest BCUT2D eigenvalue weighted by Crippen LogP contribution is -2.16. The summed E-state index contributed by atoms with van der Waals surface area (Å²) in [4.78, 5) is 12.3. The highest BCUT2D eigenvalue weighted by molar-refractivity contribution is 7.12. The predicted octanol–water partition coefficient (Wildman–Crippen LogP) is 3.27. The molecule has 2 rings (SSSR count). The van der Waals surface area contributed by atoms with Crippen molar-refractivity contribution in [1.29, 1.82) is 0 Å². The van der Waals surface area contributed by atoms with Gasteiger partial charge in [0.1, 0.15) is 0 Å². The van der Waals surface area contributed by atoms with Crippen LogP contribution in [-0.2, 0) is 0 Å². The van der Waals surface area contributed by atoms with Crippen molar-refractivity contribution in [3.8, 4) is 11.5 Å². The molecule has 0 unspecified atom stereocenters. The monoisotopic (exact) mass is 324 g/mol. The highest BCUT2D eigenvalue weighted by Gasteiger charge is 2.09. The summed E-state index contributed by atoms with van der Waals surface area (Å²) in [6.07, 6.45) is 1.43. The lowest BCUT2D eigenvalue weighted by Gasteiger charge is -2.08. The van der Waals surface area contributed by atoms with Crippen LogP contribution in [0.2, 0.25) is 5.02 Å². The fraction of sp³-hybridized carbons (Fsp3) is 0.143. The average Bonchev–Trinajstić information content (AvgIpc) is 2.98. The number of thiophene rings is 1. The van der Waals surface area contributed by atoms with Crippen LogP contribution in [-0.4, -0.2) is 23.8 Å². The number of phenolic OH excluding ortho intramolecular Hbond substituents is 1. The van der Waals surface area contributed by atoms with Gasteiger partial charge in [0.15, 0.2) is 11.5 Å². The molecular weight excluding hydrogens is 312 g/mol. The van der Waals surface area contributed by atoms with Crippen LogP contribution in [0, 0.1) is 0 Å². The van der Waals surface area contributed by atoms with E-state index in [0.29, 0.717) is 17.0 Å². The summed E-state index contributed by atoms with van der Waals surface area (Å²) in [6.45, 7) is 2.20. The first-order chi connectivity index (χ1) is 10.1. The lowest BCUT2D eigenvalue weighted by molar-refractivity contribution is 0.0959. The number of rotatable bonds is 5. The molecule has 0 saturated heterocycles. The molecule has 2 N–H and O–H groups in total. The smallest absolute Gasteiger partial charge is 0.281 e. The number of carbonyl (C=O) groups excluding carboxylic acids is 1. The summed E-state index contributed by atoms with van der Waals surface area (Å²) in [5.41, 5.74) is 3.02. The van der Waals surface area contributed by atoms with Crippen LogP contribution in [0.3, 0.4) is 0 Å². The van der Waals surface area contributed by atoms with E-state index in [0.717, 1.165) is 0 Å². The van der Waals surface area contributed by atoms with Crippen LogP contribution in [0.25, 0.3) is 0 Å². The molecular formula is C14H13ClN2O3S. The van der Waals surface area contributed by atoms with E-state index >= 15 is 0 Å². The first-order valence-corrected chi connectivity index (χ1v) is 7.39. The number of nitrogens with one attached hydrogen (secondary N) is 1. The van der Waals surface area contributed by atoms with Gasteiger partial charge in [0.2, 0.25) is 0 Å². The number of aromatic hydroxyl groups is 1. The Morgan fingerprint density at radius 2 is 2.38 bits per heavy atom. The van der Waals surface area contributed by atoms with Gasteiger partial charge in [0, 0.05) is 0 Å². The minimum atomic E-state index is -0.281. The Morgan fingerprint density at radius 1 is 1.57 bits per heavy atom. The highest BCUT2D eigenvalue weighted by Crippen LogP contribution is 2.34. The van der Waals surface area contributed by atoms with Gasteiger partial charge >= 0.3 is 0 Å². The van der Waals surface area contributed by atoms with Gasteiger partial charge < -0.3 is 9.84 Å². The Balaban J connectivity index is 2.08. The molecule has 1 amide bonds. The molecule has 2 aromatic rings. The zero-order valence-corrected chi connectivity index (χ0v) is 12.7. The Labute approximate surface area is 130 Å². The molecule has 1 heterocycles. The molecule has 0 aliphatic rings. The molecule has 0 fully saturated rings. The van der Waals surface area contributed by atoms with Crippen LogP contribution >= 0.6 is 22.9 Å². The fourth-order valence-corrected chi connectivity index (χ4v) is 2.39. The third-order valence-corrected chi connectivity index (χ3v) is 3.63. The SMILES string of the molecule is CCOc1cc(/C=N\NC(=O)c2cccs2)cc(Cl)c1O. The number of carbonyl (C=O) groups is 1. The van der Waals surface area contributed by atoms with E-state index < -0.39 is 0 Å². The van der Waals surface area contributed by atoms with E-state index in [1.807, 2.05) is 5.38 Å². The first-order valence-electron chi connectivity index (χ1n) is 6.14. The second-order valence-corrected chi connectivity index (χ2v) is 5.31. The van der Waals surface area contributed by atoms with Crippen LogP contribution in [0.15, 0.2) is 34.7 Å². The van der Waals surface area contributed by atoms with E-state index in [9.17, 15) is 9.90 Å². The Bertz CT molecular complexity index is 656. The summed E-state index contributed by atoms with van der Waals surface area (Å²) >= 11 is 7.23. The Kier molecular flexibility index (Phi) is 5.19. The molecule has 0 radical (unpaired) electrons. The zero-order chi connectivity index (χ0) is 15.2. The molecule has 1 aromatic carbocycles.